The van der Waals surface area contributed by atoms with Crippen LogP contribution in [0.25, 0.3) is 0 Å². The molecule has 0 saturated heterocycles. The zero-order valence-electron chi connectivity index (χ0n) is 11.5. The van der Waals surface area contributed by atoms with Gasteiger partial charge in [0.25, 0.3) is 5.91 Å². The first-order valence-corrected chi connectivity index (χ1v) is 6.01. The Morgan fingerprint density at radius 3 is 2.45 bits per heavy atom. The summed E-state index contributed by atoms with van der Waals surface area (Å²) < 4.78 is 40.0. The largest absolute Gasteiger partial charge is 0.573 e. The Kier molecular flexibility index (Phi) is 4.86. The zero-order chi connectivity index (χ0) is 15.5. The van der Waals surface area contributed by atoms with Crippen LogP contribution in [0, 0.1) is 5.92 Å². The minimum atomic E-state index is -4.81. The van der Waals surface area contributed by atoms with Crippen molar-refractivity contribution in [2.75, 3.05) is 19.3 Å². The van der Waals surface area contributed by atoms with Gasteiger partial charge in [-0.05, 0) is 24.1 Å². The lowest BCUT2D eigenvalue weighted by molar-refractivity contribution is -0.274. The summed E-state index contributed by atoms with van der Waals surface area (Å²) in [6, 6.07) is 3.48. The van der Waals surface area contributed by atoms with Crippen molar-refractivity contribution in [1.82, 2.24) is 4.90 Å². The van der Waals surface area contributed by atoms with E-state index in [1.165, 1.54) is 17.0 Å². The molecule has 1 rings (SSSR count). The standard InChI is InChI=1S/C13H17F3N2O2/c1-8(2)7-18(3)12(19)9-4-5-11(10(17)6-9)20-13(14,15)16/h4-6,8H,7,17H2,1-3H3. The van der Waals surface area contributed by atoms with Gasteiger partial charge in [-0.2, -0.15) is 0 Å². The number of carbonyl (C=O) groups is 1. The molecule has 0 saturated carbocycles. The minimum absolute atomic E-state index is 0.222. The molecule has 0 radical (unpaired) electrons. The maximum absolute atomic E-state index is 12.1. The summed E-state index contributed by atoms with van der Waals surface area (Å²) in [5.41, 5.74) is 5.46. The first-order chi connectivity index (χ1) is 9.10. The molecule has 20 heavy (non-hydrogen) atoms. The summed E-state index contributed by atoms with van der Waals surface area (Å²) in [4.78, 5) is 13.5. The number of carbonyl (C=O) groups excluding carboxylic acids is 1. The van der Waals surface area contributed by atoms with Gasteiger partial charge >= 0.3 is 6.36 Å². The molecule has 0 atom stereocenters. The fraction of sp³-hybridized carbons (Fsp3) is 0.462. The van der Waals surface area contributed by atoms with E-state index in [0.717, 1.165) is 6.07 Å². The first-order valence-electron chi connectivity index (χ1n) is 6.01. The Morgan fingerprint density at radius 2 is 2.00 bits per heavy atom. The second kappa shape index (κ2) is 6.02. The van der Waals surface area contributed by atoms with Crippen molar-refractivity contribution < 1.29 is 22.7 Å². The Hall–Kier alpha value is -1.92. The number of nitrogens with zero attached hydrogens (tertiary/aromatic N) is 1. The lowest BCUT2D eigenvalue weighted by Crippen LogP contribution is -2.30. The molecule has 7 heteroatoms. The van der Waals surface area contributed by atoms with Crippen LogP contribution < -0.4 is 10.5 Å². The molecule has 0 aliphatic rings. The maximum Gasteiger partial charge on any atom is 0.573 e. The molecule has 0 spiro atoms. The molecule has 0 bridgehead atoms. The van der Waals surface area contributed by atoms with Gasteiger partial charge in [-0.1, -0.05) is 13.8 Å². The van der Waals surface area contributed by atoms with Gasteiger partial charge in [-0.15, -0.1) is 13.2 Å². The van der Waals surface area contributed by atoms with Crippen LogP contribution in [-0.2, 0) is 0 Å². The van der Waals surface area contributed by atoms with Gasteiger partial charge in [0.1, 0.15) is 0 Å². The van der Waals surface area contributed by atoms with E-state index in [0.29, 0.717) is 6.54 Å². The molecule has 4 nitrogen and oxygen atoms in total. The summed E-state index contributed by atoms with van der Waals surface area (Å²) in [5, 5.41) is 0. The van der Waals surface area contributed by atoms with Gasteiger partial charge in [0.15, 0.2) is 5.75 Å². The molecular formula is C13H17F3N2O2. The Labute approximate surface area is 115 Å². The molecule has 0 aromatic heterocycles. The predicted molar refractivity (Wildman–Crippen MR) is 69.3 cm³/mol. The fourth-order valence-electron chi connectivity index (χ4n) is 1.75. The van der Waals surface area contributed by atoms with E-state index in [1.54, 1.807) is 7.05 Å². The second-order valence-corrected chi connectivity index (χ2v) is 4.88. The number of alkyl halides is 3. The average molecular weight is 290 g/mol. The van der Waals surface area contributed by atoms with Crippen molar-refractivity contribution >= 4 is 11.6 Å². The second-order valence-electron chi connectivity index (χ2n) is 4.88. The van der Waals surface area contributed by atoms with Crippen LogP contribution in [0.1, 0.15) is 24.2 Å². The van der Waals surface area contributed by atoms with E-state index in [9.17, 15) is 18.0 Å². The molecule has 0 heterocycles. The molecule has 0 fully saturated rings. The van der Waals surface area contributed by atoms with Gasteiger partial charge < -0.3 is 15.4 Å². The van der Waals surface area contributed by atoms with Gasteiger partial charge in [0.05, 0.1) is 5.69 Å². The SMILES string of the molecule is CC(C)CN(C)C(=O)c1ccc(OC(F)(F)F)c(N)c1. The Balaban J connectivity index is 2.89. The Bertz CT molecular complexity index is 487. The fourth-order valence-corrected chi connectivity index (χ4v) is 1.75. The number of ether oxygens (including phenoxy) is 1. The highest BCUT2D eigenvalue weighted by Gasteiger charge is 2.32. The summed E-state index contributed by atoms with van der Waals surface area (Å²) in [6.45, 7) is 4.45. The lowest BCUT2D eigenvalue weighted by atomic mass is 10.1. The van der Waals surface area contributed by atoms with Crippen LogP contribution in [0.3, 0.4) is 0 Å². The zero-order valence-corrected chi connectivity index (χ0v) is 11.5. The number of hydrogen-bond donors (Lipinski definition) is 1. The lowest BCUT2D eigenvalue weighted by Gasteiger charge is -2.20. The van der Waals surface area contributed by atoms with E-state index in [-0.39, 0.29) is 23.1 Å². The van der Waals surface area contributed by atoms with Gasteiger partial charge in [0.2, 0.25) is 0 Å². The first kappa shape index (κ1) is 16.1. The number of amides is 1. The van der Waals surface area contributed by atoms with E-state index in [2.05, 4.69) is 4.74 Å². The number of halogens is 3. The number of nitrogens with two attached hydrogens (primary N) is 1. The average Bonchev–Trinajstić information content (AvgIpc) is 2.28. The minimum Gasteiger partial charge on any atom is -0.404 e. The van der Waals surface area contributed by atoms with E-state index in [1.807, 2.05) is 13.8 Å². The van der Waals surface area contributed by atoms with Crippen molar-refractivity contribution in [3.8, 4) is 5.75 Å². The van der Waals surface area contributed by atoms with Crippen molar-refractivity contribution in [3.05, 3.63) is 23.8 Å². The number of benzene rings is 1. The number of anilines is 1. The third kappa shape index (κ3) is 4.64. The molecule has 1 aromatic carbocycles. The van der Waals surface area contributed by atoms with Crippen LogP contribution in [0.15, 0.2) is 18.2 Å². The molecule has 0 unspecified atom stereocenters. The maximum atomic E-state index is 12.1. The van der Waals surface area contributed by atoms with Crippen molar-refractivity contribution in [2.24, 2.45) is 5.92 Å². The monoisotopic (exact) mass is 290 g/mol. The molecule has 1 amide bonds. The van der Waals surface area contributed by atoms with Crippen molar-refractivity contribution in [2.45, 2.75) is 20.2 Å². The highest BCUT2D eigenvalue weighted by atomic mass is 19.4. The van der Waals surface area contributed by atoms with Crippen LogP contribution >= 0.6 is 0 Å². The topological polar surface area (TPSA) is 55.6 Å². The summed E-state index contributed by atoms with van der Waals surface area (Å²) in [6.07, 6.45) is -4.81. The summed E-state index contributed by atoms with van der Waals surface area (Å²) in [5.74, 6) is -0.529. The molecular weight excluding hydrogens is 273 g/mol. The van der Waals surface area contributed by atoms with Crippen LogP contribution in [-0.4, -0.2) is 30.8 Å². The molecule has 112 valence electrons. The van der Waals surface area contributed by atoms with Gasteiger partial charge in [-0.25, -0.2) is 0 Å². The van der Waals surface area contributed by atoms with Crippen LogP contribution in [0.4, 0.5) is 18.9 Å². The highest BCUT2D eigenvalue weighted by molar-refractivity contribution is 5.95. The Morgan fingerprint density at radius 1 is 1.40 bits per heavy atom. The molecule has 0 aliphatic carbocycles. The third-order valence-corrected chi connectivity index (χ3v) is 2.47. The molecule has 2 N–H and O–H groups in total. The number of rotatable bonds is 4. The normalized spacial score (nSPS) is 11.6. The van der Waals surface area contributed by atoms with E-state index >= 15 is 0 Å². The summed E-state index contributed by atoms with van der Waals surface area (Å²) in [7, 11) is 1.62. The van der Waals surface area contributed by atoms with E-state index in [4.69, 9.17) is 5.73 Å². The van der Waals surface area contributed by atoms with Crippen molar-refractivity contribution in [3.63, 3.8) is 0 Å². The third-order valence-electron chi connectivity index (χ3n) is 2.47. The number of nitrogen functional groups attached to an aromatic ring is 1. The van der Waals surface area contributed by atoms with Crippen molar-refractivity contribution in [1.29, 1.82) is 0 Å². The van der Waals surface area contributed by atoms with Gasteiger partial charge in [0, 0.05) is 19.2 Å². The van der Waals surface area contributed by atoms with Crippen LogP contribution in [0.2, 0.25) is 0 Å². The van der Waals surface area contributed by atoms with Crippen LogP contribution in [0.5, 0.6) is 5.75 Å². The smallest absolute Gasteiger partial charge is 0.404 e. The summed E-state index contributed by atoms with van der Waals surface area (Å²) >= 11 is 0. The van der Waals surface area contributed by atoms with Gasteiger partial charge in [-0.3, -0.25) is 4.79 Å². The molecule has 0 aliphatic heterocycles. The molecule has 1 aromatic rings. The quantitative estimate of drug-likeness (QED) is 0.867. The highest BCUT2D eigenvalue weighted by Crippen LogP contribution is 2.29. The predicted octanol–water partition coefficient (Wildman–Crippen LogP) is 2.90. The van der Waals surface area contributed by atoms with E-state index < -0.39 is 12.1 Å². The number of hydrogen-bond acceptors (Lipinski definition) is 3.